The van der Waals surface area contributed by atoms with Crippen LogP contribution in [0.25, 0.3) is 0 Å². The molecule has 0 bridgehead atoms. The van der Waals surface area contributed by atoms with E-state index in [1.165, 1.54) is 16.9 Å². The number of carbonyl (C=O) groups excluding carboxylic acids is 1. The van der Waals surface area contributed by atoms with E-state index in [0.717, 1.165) is 18.7 Å². The van der Waals surface area contributed by atoms with Gasteiger partial charge in [-0.3, -0.25) is 5.32 Å². The van der Waals surface area contributed by atoms with Crippen molar-refractivity contribution >= 4 is 28.8 Å². The maximum atomic E-state index is 11.2. The number of benzene rings is 1. The third-order valence-corrected chi connectivity index (χ3v) is 4.06. The lowest BCUT2D eigenvalue weighted by Gasteiger charge is -2.08. The summed E-state index contributed by atoms with van der Waals surface area (Å²) in [4.78, 5) is 13.8. The van der Waals surface area contributed by atoms with Crippen LogP contribution in [-0.4, -0.2) is 13.2 Å². The fourth-order valence-electron chi connectivity index (χ4n) is 1.77. The summed E-state index contributed by atoms with van der Waals surface area (Å²) in [6.45, 7) is 2.94. The molecule has 5 heteroatoms. The number of anilines is 2. The summed E-state index contributed by atoms with van der Waals surface area (Å²) in [5.74, 6) is 0. The second-order valence-corrected chi connectivity index (χ2v) is 5.53. The molecule has 0 spiro atoms. The quantitative estimate of drug-likeness (QED) is 0.871. The Morgan fingerprint density at radius 1 is 1.20 bits per heavy atom. The number of rotatable bonds is 5. The van der Waals surface area contributed by atoms with E-state index in [4.69, 9.17) is 0 Å². The minimum Gasteiger partial charge on any atom is -0.453 e. The second kappa shape index (κ2) is 6.96. The van der Waals surface area contributed by atoms with Gasteiger partial charge in [0.15, 0.2) is 0 Å². The van der Waals surface area contributed by atoms with Crippen LogP contribution in [0.1, 0.15) is 16.7 Å². The summed E-state index contributed by atoms with van der Waals surface area (Å²) in [6.07, 6.45) is 0.608. The largest absolute Gasteiger partial charge is 0.453 e. The van der Waals surface area contributed by atoms with Gasteiger partial charge in [-0.25, -0.2) is 4.79 Å². The number of nitrogens with one attached hydrogen (secondary N) is 2. The van der Waals surface area contributed by atoms with Crippen molar-refractivity contribution in [2.45, 2.75) is 19.9 Å². The van der Waals surface area contributed by atoms with E-state index < -0.39 is 6.09 Å². The number of amides is 1. The molecule has 0 radical (unpaired) electrons. The van der Waals surface area contributed by atoms with Crippen molar-refractivity contribution in [3.63, 3.8) is 0 Å². The van der Waals surface area contributed by atoms with Crippen LogP contribution in [-0.2, 0) is 17.7 Å². The van der Waals surface area contributed by atoms with E-state index in [1.807, 2.05) is 35.6 Å². The van der Waals surface area contributed by atoms with Crippen molar-refractivity contribution in [1.29, 1.82) is 0 Å². The molecular formula is C15H18N2O2S. The molecule has 20 heavy (non-hydrogen) atoms. The summed E-state index contributed by atoms with van der Waals surface area (Å²) in [7, 11) is 1.35. The van der Waals surface area contributed by atoms with Gasteiger partial charge in [-0.05, 0) is 36.8 Å². The molecule has 2 rings (SSSR count). The average molecular weight is 290 g/mol. The molecule has 0 atom stereocenters. The number of hydrogen-bond donors (Lipinski definition) is 2. The number of carbonyl (C=O) groups is 1. The zero-order valence-electron chi connectivity index (χ0n) is 11.6. The molecule has 2 aromatic rings. The molecule has 1 aromatic carbocycles. The standard InChI is InChI=1S/C15H18N2O2S/c1-3-13-7-8-14(20-13)10-16-11-5-4-6-12(9-11)17-15(18)19-2/h4-9,16H,3,10H2,1-2H3,(H,17,18). The molecule has 2 N–H and O–H groups in total. The molecule has 0 aliphatic carbocycles. The van der Waals surface area contributed by atoms with Gasteiger partial charge in [-0.15, -0.1) is 11.3 Å². The zero-order chi connectivity index (χ0) is 14.4. The SMILES string of the molecule is CCc1ccc(CNc2cccc(NC(=O)OC)c2)s1. The van der Waals surface area contributed by atoms with E-state index in [0.29, 0.717) is 5.69 Å². The molecule has 0 aliphatic heterocycles. The lowest BCUT2D eigenvalue weighted by atomic mass is 10.2. The van der Waals surface area contributed by atoms with Crippen LogP contribution in [0.15, 0.2) is 36.4 Å². The van der Waals surface area contributed by atoms with Crippen molar-refractivity contribution in [1.82, 2.24) is 0 Å². The van der Waals surface area contributed by atoms with E-state index in [9.17, 15) is 4.79 Å². The number of thiophene rings is 1. The minimum absolute atomic E-state index is 0.465. The van der Waals surface area contributed by atoms with Gasteiger partial charge in [0.05, 0.1) is 7.11 Å². The van der Waals surface area contributed by atoms with Gasteiger partial charge in [-0.1, -0.05) is 13.0 Å². The molecule has 106 valence electrons. The van der Waals surface area contributed by atoms with Gasteiger partial charge >= 0.3 is 6.09 Å². The molecule has 0 unspecified atom stereocenters. The fraction of sp³-hybridized carbons (Fsp3) is 0.267. The van der Waals surface area contributed by atoms with Gasteiger partial charge in [-0.2, -0.15) is 0 Å². The maximum absolute atomic E-state index is 11.2. The molecule has 1 amide bonds. The molecule has 0 aliphatic rings. The smallest absolute Gasteiger partial charge is 0.411 e. The molecule has 0 fully saturated rings. The minimum atomic E-state index is -0.465. The highest BCUT2D eigenvalue weighted by Crippen LogP contribution is 2.20. The van der Waals surface area contributed by atoms with Gasteiger partial charge < -0.3 is 10.1 Å². The summed E-state index contributed by atoms with van der Waals surface area (Å²) in [5, 5.41) is 5.99. The van der Waals surface area contributed by atoms with E-state index >= 15 is 0 Å². The zero-order valence-corrected chi connectivity index (χ0v) is 12.4. The highest BCUT2D eigenvalue weighted by Gasteiger charge is 2.02. The van der Waals surface area contributed by atoms with Crippen LogP contribution in [0.3, 0.4) is 0 Å². The third kappa shape index (κ3) is 3.99. The Morgan fingerprint density at radius 3 is 2.65 bits per heavy atom. The van der Waals surface area contributed by atoms with Crippen LogP contribution in [0.4, 0.5) is 16.2 Å². The molecule has 1 aromatic heterocycles. The van der Waals surface area contributed by atoms with Crippen molar-refractivity contribution in [3.8, 4) is 0 Å². The predicted molar refractivity (Wildman–Crippen MR) is 83.5 cm³/mol. The van der Waals surface area contributed by atoms with Crippen LogP contribution in [0.2, 0.25) is 0 Å². The van der Waals surface area contributed by atoms with Gasteiger partial charge in [0.1, 0.15) is 0 Å². The topological polar surface area (TPSA) is 50.4 Å². The Bertz CT molecular complexity index is 581. The number of methoxy groups -OCH3 is 1. The summed E-state index contributed by atoms with van der Waals surface area (Å²) < 4.78 is 4.57. The average Bonchev–Trinajstić information content (AvgIpc) is 2.93. The Balaban J connectivity index is 1.95. The highest BCUT2D eigenvalue weighted by molar-refractivity contribution is 7.12. The Kier molecular flexibility index (Phi) is 5.01. The number of hydrogen-bond acceptors (Lipinski definition) is 4. The monoisotopic (exact) mass is 290 g/mol. The molecule has 1 heterocycles. The van der Waals surface area contributed by atoms with E-state index in [-0.39, 0.29) is 0 Å². The molecule has 0 saturated heterocycles. The highest BCUT2D eigenvalue weighted by atomic mass is 32.1. The second-order valence-electron chi connectivity index (χ2n) is 4.27. The van der Waals surface area contributed by atoms with E-state index in [1.54, 1.807) is 0 Å². The Labute approximate surface area is 122 Å². The first-order valence-corrected chi connectivity index (χ1v) is 7.29. The van der Waals surface area contributed by atoms with Gasteiger partial charge in [0.2, 0.25) is 0 Å². The first kappa shape index (κ1) is 14.4. The third-order valence-electron chi connectivity index (χ3n) is 2.83. The van der Waals surface area contributed by atoms with Crippen molar-refractivity contribution in [2.75, 3.05) is 17.7 Å². The summed E-state index contributed by atoms with van der Waals surface area (Å²) >= 11 is 1.82. The molecular weight excluding hydrogens is 272 g/mol. The first-order chi connectivity index (χ1) is 9.71. The maximum Gasteiger partial charge on any atom is 0.411 e. The van der Waals surface area contributed by atoms with Gasteiger partial charge in [0, 0.05) is 27.7 Å². The van der Waals surface area contributed by atoms with Crippen molar-refractivity contribution in [3.05, 3.63) is 46.2 Å². The van der Waals surface area contributed by atoms with Crippen LogP contribution in [0, 0.1) is 0 Å². The fourth-order valence-corrected chi connectivity index (χ4v) is 2.67. The van der Waals surface area contributed by atoms with Crippen molar-refractivity contribution < 1.29 is 9.53 Å². The predicted octanol–water partition coefficient (Wildman–Crippen LogP) is 4.10. The lowest BCUT2D eigenvalue weighted by Crippen LogP contribution is -2.11. The first-order valence-electron chi connectivity index (χ1n) is 6.47. The Hall–Kier alpha value is -2.01. The number of aryl methyl sites for hydroxylation is 1. The van der Waals surface area contributed by atoms with Crippen LogP contribution >= 0.6 is 11.3 Å². The number of ether oxygens (including phenoxy) is 1. The van der Waals surface area contributed by atoms with Crippen LogP contribution in [0.5, 0.6) is 0 Å². The van der Waals surface area contributed by atoms with Crippen molar-refractivity contribution in [2.24, 2.45) is 0 Å². The molecule has 0 saturated carbocycles. The lowest BCUT2D eigenvalue weighted by molar-refractivity contribution is 0.187. The summed E-state index contributed by atoms with van der Waals surface area (Å²) in [5.41, 5.74) is 1.67. The normalized spacial score (nSPS) is 10.1. The van der Waals surface area contributed by atoms with E-state index in [2.05, 4.69) is 34.4 Å². The Morgan fingerprint density at radius 2 is 1.95 bits per heavy atom. The van der Waals surface area contributed by atoms with Crippen LogP contribution < -0.4 is 10.6 Å². The summed E-state index contributed by atoms with van der Waals surface area (Å²) in [6, 6.07) is 11.9. The molecule has 4 nitrogen and oxygen atoms in total. The van der Waals surface area contributed by atoms with Gasteiger partial charge in [0.25, 0.3) is 0 Å².